The molecule has 0 bridgehead atoms. The van der Waals surface area contributed by atoms with E-state index in [2.05, 4.69) is 4.98 Å². The van der Waals surface area contributed by atoms with Crippen molar-refractivity contribution in [3.63, 3.8) is 0 Å². The van der Waals surface area contributed by atoms with Gasteiger partial charge in [-0.2, -0.15) is 13.2 Å². The smallest absolute Gasteiger partial charge is 0.308 e. The lowest BCUT2D eigenvalue weighted by molar-refractivity contribution is -0.137. The Hall–Kier alpha value is -2.12. The summed E-state index contributed by atoms with van der Waals surface area (Å²) in [5.74, 6) is -0.194. The first kappa shape index (κ1) is 19.2. The number of alkyl halides is 3. The maximum atomic E-state index is 12.8. The number of aromatic nitrogens is 1. The fourth-order valence-electron chi connectivity index (χ4n) is 2.08. The number of carbonyl (C=O) groups is 1. The van der Waals surface area contributed by atoms with Gasteiger partial charge in [0.2, 0.25) is 0 Å². The van der Waals surface area contributed by atoms with E-state index < -0.39 is 11.7 Å². The number of amides is 1. The van der Waals surface area contributed by atoms with Gasteiger partial charge in [0.1, 0.15) is 5.82 Å². The minimum Gasteiger partial charge on any atom is -0.308 e. The Morgan fingerprint density at radius 3 is 2.20 bits per heavy atom. The van der Waals surface area contributed by atoms with Gasteiger partial charge in [0.05, 0.1) is 5.56 Å². The third kappa shape index (κ3) is 5.17. The Kier molecular flexibility index (Phi) is 6.02. The van der Waals surface area contributed by atoms with E-state index in [4.69, 9.17) is 11.6 Å². The molecule has 0 fully saturated rings. The number of carbonyl (C=O) groups excluding carboxylic acids is 1. The van der Waals surface area contributed by atoms with Crippen LogP contribution in [0.4, 0.5) is 19.0 Å². The second-order valence-corrected chi connectivity index (χ2v) is 6.11. The lowest BCUT2D eigenvalue weighted by atomic mass is 10.2. The number of hydrogen-bond acceptors (Lipinski definition) is 3. The van der Waals surface area contributed by atoms with E-state index in [-0.39, 0.29) is 18.3 Å². The Morgan fingerprint density at radius 2 is 1.72 bits per heavy atom. The Labute approximate surface area is 148 Å². The fourth-order valence-corrected chi connectivity index (χ4v) is 2.21. The summed E-state index contributed by atoms with van der Waals surface area (Å²) in [6, 6.07) is 8.42. The van der Waals surface area contributed by atoms with Crippen LogP contribution in [-0.2, 0) is 6.18 Å². The third-order valence-corrected chi connectivity index (χ3v) is 3.71. The molecule has 0 N–H and O–H groups in total. The number of benzene rings is 1. The largest absolute Gasteiger partial charge is 0.417 e. The van der Waals surface area contributed by atoms with Crippen molar-refractivity contribution in [3.05, 3.63) is 58.7 Å². The normalized spacial score (nSPS) is 11.6. The summed E-state index contributed by atoms with van der Waals surface area (Å²) in [5.41, 5.74) is -0.479. The van der Waals surface area contributed by atoms with Crippen LogP contribution in [-0.4, -0.2) is 43.0 Å². The second kappa shape index (κ2) is 7.84. The molecule has 0 saturated carbocycles. The molecular formula is C17H17ClF3N3O. The number of halogens is 4. The average molecular weight is 372 g/mol. The first-order chi connectivity index (χ1) is 11.7. The van der Waals surface area contributed by atoms with Crippen LogP contribution in [0.1, 0.15) is 15.9 Å². The SMILES string of the molecule is CN(C)CCN(C(=O)c1ccc(Cl)cc1)c1ccc(C(F)(F)F)cn1. The molecule has 1 heterocycles. The highest BCUT2D eigenvalue weighted by atomic mass is 35.5. The van der Waals surface area contributed by atoms with E-state index in [0.717, 1.165) is 12.3 Å². The molecule has 0 saturated heterocycles. The summed E-state index contributed by atoms with van der Waals surface area (Å²) in [6.07, 6.45) is -3.74. The fraction of sp³-hybridized carbons (Fsp3) is 0.294. The maximum absolute atomic E-state index is 12.8. The van der Waals surface area contributed by atoms with Crippen LogP contribution in [0, 0.1) is 0 Å². The first-order valence-corrected chi connectivity index (χ1v) is 7.81. The van der Waals surface area contributed by atoms with E-state index in [0.29, 0.717) is 17.1 Å². The van der Waals surface area contributed by atoms with Gasteiger partial charge in [-0.1, -0.05) is 11.6 Å². The highest BCUT2D eigenvalue weighted by Gasteiger charge is 2.31. The Bertz CT molecular complexity index is 715. The van der Waals surface area contributed by atoms with Crippen molar-refractivity contribution in [1.29, 1.82) is 0 Å². The summed E-state index contributed by atoms with van der Waals surface area (Å²) in [6.45, 7) is 0.814. The van der Waals surface area contributed by atoms with Crippen molar-refractivity contribution in [2.45, 2.75) is 6.18 Å². The van der Waals surface area contributed by atoms with Gasteiger partial charge in [0.25, 0.3) is 5.91 Å². The maximum Gasteiger partial charge on any atom is 0.417 e. The van der Waals surface area contributed by atoms with Crippen LogP contribution in [0.2, 0.25) is 5.02 Å². The number of nitrogens with zero attached hydrogens (tertiary/aromatic N) is 3. The molecule has 1 aromatic heterocycles. The monoisotopic (exact) mass is 371 g/mol. The lowest BCUT2D eigenvalue weighted by Crippen LogP contribution is -2.37. The van der Waals surface area contributed by atoms with Gasteiger partial charge in [-0.15, -0.1) is 0 Å². The van der Waals surface area contributed by atoms with Crippen LogP contribution in [0.5, 0.6) is 0 Å². The molecule has 0 aliphatic heterocycles. The van der Waals surface area contributed by atoms with Gasteiger partial charge in [0, 0.05) is 29.9 Å². The molecule has 2 rings (SSSR count). The van der Waals surface area contributed by atoms with Gasteiger partial charge >= 0.3 is 6.18 Å². The second-order valence-electron chi connectivity index (χ2n) is 5.67. The Balaban J connectivity index is 2.31. The quantitative estimate of drug-likeness (QED) is 0.798. The summed E-state index contributed by atoms with van der Waals surface area (Å²) in [4.78, 5) is 19.8. The van der Waals surface area contributed by atoms with Crippen molar-refractivity contribution >= 4 is 23.3 Å². The number of hydrogen-bond donors (Lipinski definition) is 0. The molecule has 0 unspecified atom stereocenters. The number of pyridine rings is 1. The highest BCUT2D eigenvalue weighted by molar-refractivity contribution is 6.30. The van der Waals surface area contributed by atoms with Crippen molar-refractivity contribution in [2.24, 2.45) is 0 Å². The van der Waals surface area contributed by atoms with Gasteiger partial charge in [-0.05, 0) is 50.5 Å². The zero-order valence-electron chi connectivity index (χ0n) is 13.7. The molecular weight excluding hydrogens is 355 g/mol. The van der Waals surface area contributed by atoms with E-state index in [9.17, 15) is 18.0 Å². The minimum absolute atomic E-state index is 0.162. The molecule has 4 nitrogen and oxygen atoms in total. The Morgan fingerprint density at radius 1 is 1.08 bits per heavy atom. The van der Waals surface area contributed by atoms with Crippen LogP contribution < -0.4 is 4.90 Å². The minimum atomic E-state index is -4.47. The van der Waals surface area contributed by atoms with Crippen molar-refractivity contribution in [2.75, 3.05) is 32.1 Å². The van der Waals surface area contributed by atoms with Crippen molar-refractivity contribution in [3.8, 4) is 0 Å². The predicted molar refractivity (Wildman–Crippen MR) is 90.9 cm³/mol. The van der Waals surface area contributed by atoms with Gasteiger partial charge in [0.15, 0.2) is 0 Å². The van der Waals surface area contributed by atoms with E-state index in [1.54, 1.807) is 24.3 Å². The number of anilines is 1. The molecule has 0 aliphatic carbocycles. The van der Waals surface area contributed by atoms with Crippen molar-refractivity contribution < 1.29 is 18.0 Å². The lowest BCUT2D eigenvalue weighted by Gasteiger charge is -2.24. The number of likely N-dealkylation sites (N-methyl/N-ethyl adjacent to an activating group) is 1. The van der Waals surface area contributed by atoms with Crippen LogP contribution >= 0.6 is 11.6 Å². The third-order valence-electron chi connectivity index (χ3n) is 3.46. The highest BCUT2D eigenvalue weighted by Crippen LogP contribution is 2.29. The molecule has 0 spiro atoms. The molecule has 1 amide bonds. The molecule has 1 aromatic carbocycles. The van der Waals surface area contributed by atoms with E-state index >= 15 is 0 Å². The van der Waals surface area contributed by atoms with Crippen molar-refractivity contribution in [1.82, 2.24) is 9.88 Å². The van der Waals surface area contributed by atoms with Gasteiger partial charge in [-0.3, -0.25) is 9.69 Å². The topological polar surface area (TPSA) is 36.4 Å². The zero-order chi connectivity index (χ0) is 18.6. The summed E-state index contributed by atoms with van der Waals surface area (Å²) < 4.78 is 38.1. The molecule has 0 atom stereocenters. The van der Waals surface area contributed by atoms with Gasteiger partial charge in [-0.25, -0.2) is 4.98 Å². The average Bonchev–Trinajstić information content (AvgIpc) is 2.55. The van der Waals surface area contributed by atoms with E-state index in [1.807, 2.05) is 19.0 Å². The van der Waals surface area contributed by atoms with Crippen LogP contribution in [0.25, 0.3) is 0 Å². The number of rotatable bonds is 5. The zero-order valence-corrected chi connectivity index (χ0v) is 14.5. The summed E-state index contributed by atoms with van der Waals surface area (Å²) >= 11 is 5.83. The van der Waals surface area contributed by atoms with Crippen LogP contribution in [0.15, 0.2) is 42.6 Å². The van der Waals surface area contributed by atoms with E-state index in [1.165, 1.54) is 11.0 Å². The molecule has 0 radical (unpaired) electrons. The first-order valence-electron chi connectivity index (χ1n) is 7.44. The standard InChI is InChI=1S/C17H17ClF3N3O/c1-23(2)9-10-24(16(25)12-3-6-14(18)7-4-12)15-8-5-13(11-22-15)17(19,20)21/h3-8,11H,9-10H2,1-2H3. The van der Waals surface area contributed by atoms with Gasteiger partial charge < -0.3 is 4.90 Å². The summed E-state index contributed by atoms with van der Waals surface area (Å²) in [5, 5.41) is 0.490. The molecule has 134 valence electrons. The van der Waals surface area contributed by atoms with Crippen LogP contribution in [0.3, 0.4) is 0 Å². The molecule has 2 aromatic rings. The molecule has 0 aliphatic rings. The molecule has 8 heteroatoms. The summed E-state index contributed by atoms with van der Waals surface area (Å²) in [7, 11) is 3.68. The predicted octanol–water partition coefficient (Wildman–Crippen LogP) is 3.96. The molecule has 25 heavy (non-hydrogen) atoms.